The van der Waals surface area contributed by atoms with Crippen molar-refractivity contribution in [3.05, 3.63) is 24.3 Å². The third-order valence-electron chi connectivity index (χ3n) is 2.00. The van der Waals surface area contributed by atoms with Gasteiger partial charge in [-0.25, -0.2) is 0 Å². The van der Waals surface area contributed by atoms with Gasteiger partial charge in [-0.15, -0.1) is 0 Å². The Bertz CT molecular complexity index is 326. The number of nitrogens with two attached hydrogens (primary N) is 1. The third-order valence-corrected chi connectivity index (χ3v) is 2.00. The molecular weight excluding hydrogens is 192 g/mol. The molecular formula is C11H16N2O2. The highest BCUT2D eigenvalue weighted by Crippen LogP contribution is 2.19. The summed E-state index contributed by atoms with van der Waals surface area (Å²) in [6.07, 6.45) is 1.16. The van der Waals surface area contributed by atoms with Crippen LogP contribution in [0.5, 0.6) is 5.75 Å². The molecule has 0 radical (unpaired) electrons. The SMILES string of the molecule is CNC(=O)CCCOc1ccccc1N. The molecule has 4 heteroatoms. The van der Waals surface area contributed by atoms with E-state index in [0.29, 0.717) is 30.9 Å². The van der Waals surface area contributed by atoms with Gasteiger partial charge in [0.15, 0.2) is 0 Å². The minimum atomic E-state index is 0.0274. The van der Waals surface area contributed by atoms with Crippen molar-refractivity contribution in [2.45, 2.75) is 12.8 Å². The van der Waals surface area contributed by atoms with Crippen molar-refractivity contribution in [3.8, 4) is 5.75 Å². The van der Waals surface area contributed by atoms with Gasteiger partial charge in [0.05, 0.1) is 12.3 Å². The summed E-state index contributed by atoms with van der Waals surface area (Å²) in [5, 5.41) is 2.56. The van der Waals surface area contributed by atoms with Crippen molar-refractivity contribution in [1.29, 1.82) is 0 Å². The maximum atomic E-state index is 10.9. The summed E-state index contributed by atoms with van der Waals surface area (Å²) < 4.78 is 5.43. The summed E-state index contributed by atoms with van der Waals surface area (Å²) in [5.74, 6) is 0.703. The van der Waals surface area contributed by atoms with Crippen LogP contribution in [0.2, 0.25) is 0 Å². The molecule has 0 aromatic heterocycles. The van der Waals surface area contributed by atoms with E-state index in [-0.39, 0.29) is 5.91 Å². The summed E-state index contributed by atoms with van der Waals surface area (Å²) >= 11 is 0. The number of benzene rings is 1. The van der Waals surface area contributed by atoms with E-state index in [2.05, 4.69) is 5.32 Å². The van der Waals surface area contributed by atoms with Crippen molar-refractivity contribution in [3.63, 3.8) is 0 Å². The van der Waals surface area contributed by atoms with E-state index in [0.717, 1.165) is 0 Å². The van der Waals surface area contributed by atoms with Gasteiger partial charge in [0, 0.05) is 13.5 Å². The molecule has 0 heterocycles. The number of carbonyl (C=O) groups is 1. The second-order valence-corrected chi connectivity index (χ2v) is 3.16. The molecule has 0 aliphatic carbocycles. The molecule has 0 bridgehead atoms. The number of rotatable bonds is 5. The zero-order valence-corrected chi connectivity index (χ0v) is 8.82. The molecule has 3 N–H and O–H groups in total. The Kier molecular flexibility index (Phi) is 4.47. The number of carbonyl (C=O) groups excluding carboxylic acids is 1. The van der Waals surface area contributed by atoms with Gasteiger partial charge >= 0.3 is 0 Å². The molecule has 0 saturated carbocycles. The first-order valence-corrected chi connectivity index (χ1v) is 4.92. The van der Waals surface area contributed by atoms with Crippen molar-refractivity contribution in [2.24, 2.45) is 0 Å². The molecule has 1 aromatic rings. The third kappa shape index (κ3) is 3.89. The molecule has 15 heavy (non-hydrogen) atoms. The van der Waals surface area contributed by atoms with Gasteiger partial charge in [0.2, 0.25) is 5.91 Å². The first kappa shape index (κ1) is 11.4. The Hall–Kier alpha value is -1.71. The molecule has 0 fully saturated rings. The number of hydrogen-bond donors (Lipinski definition) is 2. The van der Waals surface area contributed by atoms with Crippen LogP contribution in [0.1, 0.15) is 12.8 Å². The lowest BCUT2D eigenvalue weighted by atomic mass is 10.3. The maximum absolute atomic E-state index is 10.9. The molecule has 4 nitrogen and oxygen atoms in total. The van der Waals surface area contributed by atoms with Crippen LogP contribution in [0.15, 0.2) is 24.3 Å². The van der Waals surface area contributed by atoms with Gasteiger partial charge < -0.3 is 15.8 Å². The van der Waals surface area contributed by atoms with Crippen LogP contribution in [0.25, 0.3) is 0 Å². The predicted molar refractivity (Wildman–Crippen MR) is 59.7 cm³/mol. The Morgan fingerprint density at radius 2 is 2.20 bits per heavy atom. The van der Waals surface area contributed by atoms with E-state index in [4.69, 9.17) is 10.5 Å². The summed E-state index contributed by atoms with van der Waals surface area (Å²) in [6.45, 7) is 0.502. The molecule has 0 atom stereocenters. The number of ether oxygens (including phenoxy) is 1. The van der Waals surface area contributed by atoms with E-state index in [1.807, 2.05) is 18.2 Å². The van der Waals surface area contributed by atoms with Crippen molar-refractivity contribution >= 4 is 11.6 Å². The van der Waals surface area contributed by atoms with E-state index in [9.17, 15) is 4.79 Å². The molecule has 0 saturated heterocycles. The smallest absolute Gasteiger partial charge is 0.219 e. The van der Waals surface area contributed by atoms with Gasteiger partial charge in [-0.05, 0) is 18.6 Å². The summed E-state index contributed by atoms with van der Waals surface area (Å²) in [5.41, 5.74) is 6.31. The van der Waals surface area contributed by atoms with Crippen LogP contribution in [-0.2, 0) is 4.79 Å². The van der Waals surface area contributed by atoms with Gasteiger partial charge in [0.1, 0.15) is 5.75 Å². The standard InChI is InChI=1S/C11H16N2O2/c1-13-11(14)7-4-8-15-10-6-3-2-5-9(10)12/h2-3,5-6H,4,7-8,12H2,1H3,(H,13,14). The maximum Gasteiger partial charge on any atom is 0.219 e. The fraction of sp³-hybridized carbons (Fsp3) is 0.364. The number of nitrogen functional groups attached to an aromatic ring is 1. The fourth-order valence-electron chi connectivity index (χ4n) is 1.15. The number of anilines is 1. The summed E-state index contributed by atoms with van der Waals surface area (Å²) in [4.78, 5) is 10.9. The lowest BCUT2D eigenvalue weighted by molar-refractivity contribution is -0.120. The Morgan fingerprint density at radius 1 is 1.47 bits per heavy atom. The Morgan fingerprint density at radius 3 is 2.87 bits per heavy atom. The molecule has 1 rings (SSSR count). The number of amides is 1. The highest BCUT2D eigenvalue weighted by Gasteiger charge is 2.00. The summed E-state index contributed by atoms with van der Waals surface area (Å²) in [7, 11) is 1.62. The topological polar surface area (TPSA) is 64.3 Å². The molecule has 0 unspecified atom stereocenters. The van der Waals surface area contributed by atoms with Gasteiger partial charge in [-0.2, -0.15) is 0 Å². The van der Waals surface area contributed by atoms with E-state index < -0.39 is 0 Å². The molecule has 0 aliphatic heterocycles. The number of para-hydroxylation sites is 2. The zero-order chi connectivity index (χ0) is 11.1. The molecule has 0 spiro atoms. The predicted octanol–water partition coefficient (Wildman–Crippen LogP) is 1.17. The quantitative estimate of drug-likeness (QED) is 0.564. The van der Waals surface area contributed by atoms with Gasteiger partial charge in [-0.1, -0.05) is 12.1 Å². The average Bonchev–Trinajstić information content (AvgIpc) is 2.26. The minimum absolute atomic E-state index is 0.0274. The highest BCUT2D eigenvalue weighted by atomic mass is 16.5. The van der Waals surface area contributed by atoms with Crippen molar-refractivity contribution < 1.29 is 9.53 Å². The number of hydrogen-bond acceptors (Lipinski definition) is 3. The van der Waals surface area contributed by atoms with Crippen LogP contribution in [0.4, 0.5) is 5.69 Å². The van der Waals surface area contributed by atoms with Crippen molar-refractivity contribution in [1.82, 2.24) is 5.32 Å². The van der Waals surface area contributed by atoms with Crippen LogP contribution in [0.3, 0.4) is 0 Å². The summed E-state index contributed by atoms with van der Waals surface area (Å²) in [6, 6.07) is 7.32. The van der Waals surface area contributed by atoms with Crippen LogP contribution >= 0.6 is 0 Å². The van der Waals surface area contributed by atoms with E-state index in [1.165, 1.54) is 0 Å². The van der Waals surface area contributed by atoms with Crippen molar-refractivity contribution in [2.75, 3.05) is 19.4 Å². The Labute approximate surface area is 89.4 Å². The zero-order valence-electron chi connectivity index (χ0n) is 8.82. The first-order valence-electron chi connectivity index (χ1n) is 4.92. The molecule has 82 valence electrons. The van der Waals surface area contributed by atoms with Crippen LogP contribution in [-0.4, -0.2) is 19.6 Å². The highest BCUT2D eigenvalue weighted by molar-refractivity contribution is 5.75. The lowest BCUT2D eigenvalue weighted by Crippen LogP contribution is -2.18. The average molecular weight is 208 g/mol. The second-order valence-electron chi connectivity index (χ2n) is 3.16. The lowest BCUT2D eigenvalue weighted by Gasteiger charge is -2.07. The second kappa shape index (κ2) is 5.90. The normalized spacial score (nSPS) is 9.67. The monoisotopic (exact) mass is 208 g/mol. The molecule has 1 aromatic carbocycles. The molecule has 0 aliphatic rings. The Balaban J connectivity index is 2.26. The first-order chi connectivity index (χ1) is 7.24. The fourth-order valence-corrected chi connectivity index (χ4v) is 1.15. The van der Waals surface area contributed by atoms with E-state index in [1.54, 1.807) is 13.1 Å². The van der Waals surface area contributed by atoms with Crippen LogP contribution in [0, 0.1) is 0 Å². The minimum Gasteiger partial charge on any atom is -0.491 e. The molecule has 1 amide bonds. The van der Waals surface area contributed by atoms with E-state index >= 15 is 0 Å². The largest absolute Gasteiger partial charge is 0.491 e. The van der Waals surface area contributed by atoms with Crippen LogP contribution < -0.4 is 15.8 Å². The number of nitrogens with one attached hydrogen (secondary N) is 1. The van der Waals surface area contributed by atoms with Gasteiger partial charge in [0.25, 0.3) is 0 Å². The van der Waals surface area contributed by atoms with Gasteiger partial charge in [-0.3, -0.25) is 4.79 Å².